The molecule has 0 saturated carbocycles. The van der Waals surface area contributed by atoms with Crippen molar-refractivity contribution in [2.24, 2.45) is 0 Å². The van der Waals surface area contributed by atoms with E-state index in [9.17, 15) is 0 Å². The maximum Gasteiger partial charge on any atom is 0.139 e. The number of halogens is 1. The summed E-state index contributed by atoms with van der Waals surface area (Å²) < 4.78 is 7.48. The standard InChI is InChI=1S/C9H8INOS/c1-12-6-4-13-7-3-2-5(10)9(11)8(6)7/h2-4H,11H2,1H3. The van der Waals surface area contributed by atoms with Crippen LogP contribution in [-0.2, 0) is 0 Å². The molecule has 4 heteroatoms. The molecule has 1 aromatic heterocycles. The largest absolute Gasteiger partial charge is 0.495 e. The summed E-state index contributed by atoms with van der Waals surface area (Å²) in [6, 6.07) is 4.09. The first-order chi connectivity index (χ1) is 6.24. The van der Waals surface area contributed by atoms with Gasteiger partial charge in [0.05, 0.1) is 18.2 Å². The van der Waals surface area contributed by atoms with Crippen molar-refractivity contribution in [1.29, 1.82) is 0 Å². The zero-order chi connectivity index (χ0) is 9.42. The predicted octanol–water partition coefficient (Wildman–Crippen LogP) is 3.10. The van der Waals surface area contributed by atoms with Crippen LogP contribution in [0.1, 0.15) is 0 Å². The normalized spacial score (nSPS) is 10.6. The summed E-state index contributed by atoms with van der Waals surface area (Å²) >= 11 is 3.88. The number of rotatable bonds is 1. The van der Waals surface area contributed by atoms with Gasteiger partial charge in [-0.15, -0.1) is 11.3 Å². The van der Waals surface area contributed by atoms with Gasteiger partial charge in [0.1, 0.15) is 5.75 Å². The van der Waals surface area contributed by atoms with Crippen LogP contribution in [0.15, 0.2) is 17.5 Å². The Morgan fingerprint density at radius 2 is 2.23 bits per heavy atom. The van der Waals surface area contributed by atoms with Gasteiger partial charge in [-0.1, -0.05) is 0 Å². The zero-order valence-electron chi connectivity index (χ0n) is 7.00. The average molecular weight is 305 g/mol. The number of fused-ring (bicyclic) bond motifs is 1. The molecule has 0 atom stereocenters. The molecule has 1 heterocycles. The highest BCUT2D eigenvalue weighted by Gasteiger charge is 2.09. The fourth-order valence-electron chi connectivity index (χ4n) is 1.25. The fourth-order valence-corrected chi connectivity index (χ4v) is 2.63. The number of methoxy groups -OCH3 is 1. The Labute approximate surface area is 93.8 Å². The van der Waals surface area contributed by atoms with Gasteiger partial charge in [0.25, 0.3) is 0 Å². The Morgan fingerprint density at radius 3 is 2.92 bits per heavy atom. The Kier molecular flexibility index (Phi) is 2.33. The van der Waals surface area contributed by atoms with Crippen molar-refractivity contribution in [1.82, 2.24) is 0 Å². The van der Waals surface area contributed by atoms with Gasteiger partial charge in [-0.25, -0.2) is 0 Å². The Morgan fingerprint density at radius 1 is 1.46 bits per heavy atom. The van der Waals surface area contributed by atoms with Crippen LogP contribution in [0.2, 0.25) is 0 Å². The van der Waals surface area contributed by atoms with E-state index in [1.54, 1.807) is 18.4 Å². The maximum absolute atomic E-state index is 5.96. The number of nitrogens with two attached hydrogens (primary N) is 1. The van der Waals surface area contributed by atoms with Crippen LogP contribution in [0.5, 0.6) is 5.75 Å². The highest BCUT2D eigenvalue weighted by molar-refractivity contribution is 14.1. The lowest BCUT2D eigenvalue weighted by Gasteiger charge is -2.02. The average Bonchev–Trinajstić information content (AvgIpc) is 2.55. The minimum absolute atomic E-state index is 0.816. The molecule has 0 bridgehead atoms. The summed E-state index contributed by atoms with van der Waals surface area (Å²) in [6.45, 7) is 0. The van der Waals surface area contributed by atoms with Crippen LogP contribution in [0.3, 0.4) is 0 Å². The van der Waals surface area contributed by atoms with Gasteiger partial charge in [0.15, 0.2) is 0 Å². The first kappa shape index (κ1) is 9.08. The molecule has 2 aromatic rings. The van der Waals surface area contributed by atoms with E-state index in [1.165, 1.54) is 4.70 Å². The zero-order valence-corrected chi connectivity index (χ0v) is 9.98. The fraction of sp³-hybridized carbons (Fsp3) is 0.111. The highest BCUT2D eigenvalue weighted by atomic mass is 127. The molecular weight excluding hydrogens is 297 g/mol. The number of benzene rings is 1. The second-order valence-corrected chi connectivity index (χ2v) is 4.71. The van der Waals surface area contributed by atoms with Crippen LogP contribution in [0.25, 0.3) is 10.1 Å². The molecule has 68 valence electrons. The second kappa shape index (κ2) is 3.34. The Bertz CT molecular complexity index is 452. The van der Waals surface area contributed by atoms with Gasteiger partial charge < -0.3 is 10.5 Å². The third-order valence-electron chi connectivity index (χ3n) is 1.91. The summed E-state index contributed by atoms with van der Waals surface area (Å²) in [5, 5.41) is 3.02. The van der Waals surface area contributed by atoms with Gasteiger partial charge in [0, 0.05) is 13.7 Å². The van der Waals surface area contributed by atoms with Crippen LogP contribution < -0.4 is 10.5 Å². The van der Waals surface area contributed by atoms with E-state index >= 15 is 0 Å². The van der Waals surface area contributed by atoms with E-state index in [0.717, 1.165) is 20.4 Å². The lowest BCUT2D eigenvalue weighted by Crippen LogP contribution is -1.90. The molecule has 0 amide bonds. The quantitative estimate of drug-likeness (QED) is 0.649. The lowest BCUT2D eigenvalue weighted by molar-refractivity contribution is 0.421. The lowest BCUT2D eigenvalue weighted by atomic mass is 10.2. The summed E-state index contributed by atoms with van der Waals surface area (Å²) in [4.78, 5) is 0. The van der Waals surface area contributed by atoms with E-state index < -0.39 is 0 Å². The molecule has 0 radical (unpaired) electrons. The molecule has 0 unspecified atom stereocenters. The smallest absolute Gasteiger partial charge is 0.139 e. The number of anilines is 1. The van der Waals surface area contributed by atoms with E-state index in [2.05, 4.69) is 28.7 Å². The number of nitrogen functional groups attached to an aromatic ring is 1. The minimum Gasteiger partial charge on any atom is -0.495 e. The first-order valence-electron chi connectivity index (χ1n) is 3.73. The summed E-state index contributed by atoms with van der Waals surface area (Å²) in [7, 11) is 1.67. The molecule has 1 aromatic carbocycles. The summed E-state index contributed by atoms with van der Waals surface area (Å²) in [5.74, 6) is 0.871. The van der Waals surface area contributed by atoms with Crippen molar-refractivity contribution >= 4 is 49.7 Å². The first-order valence-corrected chi connectivity index (χ1v) is 5.69. The van der Waals surface area contributed by atoms with Gasteiger partial charge in [0.2, 0.25) is 0 Å². The highest BCUT2D eigenvalue weighted by Crippen LogP contribution is 2.38. The van der Waals surface area contributed by atoms with Crippen molar-refractivity contribution in [3.05, 3.63) is 21.1 Å². The summed E-state index contributed by atoms with van der Waals surface area (Å²) in [6.07, 6.45) is 0. The van der Waals surface area contributed by atoms with Crippen molar-refractivity contribution in [3.8, 4) is 5.75 Å². The number of thiophene rings is 1. The van der Waals surface area contributed by atoms with E-state index in [4.69, 9.17) is 10.5 Å². The number of hydrogen-bond donors (Lipinski definition) is 1. The molecule has 2 N–H and O–H groups in total. The van der Waals surface area contributed by atoms with E-state index in [-0.39, 0.29) is 0 Å². The third kappa shape index (κ3) is 1.38. The second-order valence-electron chi connectivity index (χ2n) is 2.64. The van der Waals surface area contributed by atoms with E-state index in [0.29, 0.717) is 0 Å². The monoisotopic (exact) mass is 305 g/mol. The summed E-state index contributed by atoms with van der Waals surface area (Å²) in [5.41, 5.74) is 6.77. The molecule has 13 heavy (non-hydrogen) atoms. The SMILES string of the molecule is COc1csc2ccc(I)c(N)c12. The molecule has 2 rings (SSSR count). The molecule has 0 aliphatic heterocycles. The van der Waals surface area contributed by atoms with Gasteiger partial charge in [-0.3, -0.25) is 0 Å². The van der Waals surface area contributed by atoms with Crippen molar-refractivity contribution < 1.29 is 4.74 Å². The van der Waals surface area contributed by atoms with Crippen LogP contribution >= 0.6 is 33.9 Å². The molecular formula is C9H8INOS. The third-order valence-corrected chi connectivity index (χ3v) is 3.78. The number of ether oxygens (including phenoxy) is 1. The minimum atomic E-state index is 0.816. The van der Waals surface area contributed by atoms with E-state index in [1.807, 2.05) is 11.4 Å². The number of hydrogen-bond acceptors (Lipinski definition) is 3. The van der Waals surface area contributed by atoms with Crippen molar-refractivity contribution in [3.63, 3.8) is 0 Å². The molecule has 0 aliphatic carbocycles. The molecule has 0 fully saturated rings. The van der Waals surface area contributed by atoms with Crippen molar-refractivity contribution in [2.45, 2.75) is 0 Å². The van der Waals surface area contributed by atoms with Crippen LogP contribution in [0.4, 0.5) is 5.69 Å². The van der Waals surface area contributed by atoms with Crippen LogP contribution in [0, 0.1) is 3.57 Å². The van der Waals surface area contributed by atoms with Gasteiger partial charge in [-0.05, 0) is 34.7 Å². The van der Waals surface area contributed by atoms with Gasteiger partial charge in [-0.2, -0.15) is 0 Å². The predicted molar refractivity (Wildman–Crippen MR) is 65.5 cm³/mol. The molecule has 2 nitrogen and oxygen atoms in total. The Balaban J connectivity index is 2.85. The van der Waals surface area contributed by atoms with Crippen molar-refractivity contribution in [2.75, 3.05) is 12.8 Å². The van der Waals surface area contributed by atoms with Gasteiger partial charge >= 0.3 is 0 Å². The molecule has 0 aliphatic rings. The maximum atomic E-state index is 5.96. The topological polar surface area (TPSA) is 35.2 Å². The Hall–Kier alpha value is -0.490. The molecule has 0 spiro atoms. The van der Waals surface area contributed by atoms with Crippen LogP contribution in [-0.4, -0.2) is 7.11 Å². The molecule has 0 saturated heterocycles.